The molecular weight excluding hydrogens is 383 g/mol. The number of aliphatic hydroxyl groups is 1. The Morgan fingerprint density at radius 1 is 1.14 bits per heavy atom. The first-order valence-corrected chi connectivity index (χ1v) is 10.6. The molecule has 0 spiro atoms. The minimum atomic E-state index is -3.88. The average Bonchev–Trinajstić information content (AvgIpc) is 2.64. The number of hydrogen-bond acceptors (Lipinski definition) is 4. The smallest absolute Gasteiger partial charge is 0.262 e. The van der Waals surface area contributed by atoms with Crippen molar-refractivity contribution in [2.24, 2.45) is 0 Å². The van der Waals surface area contributed by atoms with Crippen molar-refractivity contribution in [3.05, 3.63) is 59.4 Å². The number of anilines is 1. The zero-order valence-electron chi connectivity index (χ0n) is 16.0. The molecule has 0 saturated carbocycles. The van der Waals surface area contributed by atoms with Crippen LogP contribution in [0.2, 0.25) is 0 Å². The maximum atomic E-state index is 13.2. The van der Waals surface area contributed by atoms with E-state index in [0.717, 1.165) is 25.0 Å². The number of nitrogens with zero attached hydrogens (tertiary/aromatic N) is 1. The van der Waals surface area contributed by atoms with E-state index in [-0.39, 0.29) is 24.0 Å². The highest BCUT2D eigenvalue weighted by Crippen LogP contribution is 2.21. The molecule has 1 amide bonds. The molecule has 0 atom stereocenters. The Morgan fingerprint density at radius 2 is 1.82 bits per heavy atom. The lowest BCUT2D eigenvalue weighted by molar-refractivity contribution is 0.0719. The highest BCUT2D eigenvalue weighted by molar-refractivity contribution is 7.92. The first-order valence-electron chi connectivity index (χ1n) is 9.07. The maximum absolute atomic E-state index is 13.2. The summed E-state index contributed by atoms with van der Waals surface area (Å²) in [7, 11) is -3.88. The lowest BCUT2D eigenvalue weighted by Crippen LogP contribution is -2.34. The molecule has 2 N–H and O–H groups in total. The third-order valence-corrected chi connectivity index (χ3v) is 5.79. The van der Waals surface area contributed by atoms with Crippen LogP contribution in [-0.4, -0.2) is 44.0 Å². The van der Waals surface area contributed by atoms with Gasteiger partial charge in [0.25, 0.3) is 15.9 Å². The monoisotopic (exact) mass is 408 g/mol. The molecule has 6 nitrogen and oxygen atoms in total. The fraction of sp³-hybridized carbons (Fsp3) is 0.350. The second-order valence-corrected chi connectivity index (χ2v) is 8.11. The average molecular weight is 408 g/mol. The van der Waals surface area contributed by atoms with E-state index >= 15 is 0 Å². The molecule has 0 aliphatic heterocycles. The zero-order chi connectivity index (χ0) is 20.7. The van der Waals surface area contributed by atoms with Gasteiger partial charge in [-0.3, -0.25) is 9.52 Å². The number of carbonyl (C=O) groups is 1. The summed E-state index contributed by atoms with van der Waals surface area (Å²) in [6.07, 6.45) is 1.76. The van der Waals surface area contributed by atoms with E-state index in [1.54, 1.807) is 4.90 Å². The molecule has 0 aromatic heterocycles. The van der Waals surface area contributed by atoms with Crippen molar-refractivity contribution in [3.63, 3.8) is 0 Å². The summed E-state index contributed by atoms with van der Waals surface area (Å²) >= 11 is 0. The van der Waals surface area contributed by atoms with E-state index in [1.165, 1.54) is 37.3 Å². The molecule has 0 bridgehead atoms. The van der Waals surface area contributed by atoms with Crippen molar-refractivity contribution in [2.45, 2.75) is 31.6 Å². The van der Waals surface area contributed by atoms with Gasteiger partial charge in [0.15, 0.2) is 0 Å². The number of unbranched alkanes of at least 4 members (excludes halogenated alkanes) is 1. The highest BCUT2D eigenvalue weighted by atomic mass is 32.2. The van der Waals surface area contributed by atoms with Crippen molar-refractivity contribution in [2.75, 3.05) is 24.4 Å². The van der Waals surface area contributed by atoms with Gasteiger partial charge in [0, 0.05) is 24.3 Å². The lowest BCUT2D eigenvalue weighted by Gasteiger charge is -2.21. The molecule has 2 aromatic rings. The molecule has 2 rings (SSSR count). The van der Waals surface area contributed by atoms with Crippen molar-refractivity contribution in [1.29, 1.82) is 0 Å². The normalized spacial score (nSPS) is 11.3. The van der Waals surface area contributed by atoms with Crippen LogP contribution in [0.4, 0.5) is 10.1 Å². The summed E-state index contributed by atoms with van der Waals surface area (Å²) in [6.45, 7) is 4.21. The molecule has 152 valence electrons. The van der Waals surface area contributed by atoms with Gasteiger partial charge >= 0.3 is 0 Å². The number of rotatable bonds is 9. The van der Waals surface area contributed by atoms with Crippen LogP contribution in [0.1, 0.15) is 35.7 Å². The predicted octanol–water partition coefficient (Wildman–Crippen LogP) is 3.17. The second kappa shape index (κ2) is 9.66. The van der Waals surface area contributed by atoms with Crippen molar-refractivity contribution < 1.29 is 22.7 Å². The van der Waals surface area contributed by atoms with Gasteiger partial charge in [-0.15, -0.1) is 0 Å². The fourth-order valence-corrected chi connectivity index (χ4v) is 4.06. The number of sulfonamides is 1. The van der Waals surface area contributed by atoms with Crippen molar-refractivity contribution >= 4 is 21.6 Å². The van der Waals surface area contributed by atoms with Crippen LogP contribution >= 0.6 is 0 Å². The summed E-state index contributed by atoms with van der Waals surface area (Å²) in [5.74, 6) is -0.721. The molecule has 0 fully saturated rings. The van der Waals surface area contributed by atoms with Crippen molar-refractivity contribution in [1.82, 2.24) is 4.90 Å². The molecule has 0 heterocycles. The van der Waals surface area contributed by atoms with Gasteiger partial charge in [-0.25, -0.2) is 12.8 Å². The van der Waals surface area contributed by atoms with Gasteiger partial charge in [-0.1, -0.05) is 13.3 Å². The second-order valence-electron chi connectivity index (χ2n) is 6.46. The highest BCUT2D eigenvalue weighted by Gasteiger charge is 2.18. The number of hydrogen-bond donors (Lipinski definition) is 2. The number of benzene rings is 2. The van der Waals surface area contributed by atoms with Gasteiger partial charge in [0.1, 0.15) is 5.82 Å². The molecular formula is C20H25FN2O4S. The Hall–Kier alpha value is -2.45. The molecule has 0 unspecified atom stereocenters. The first-order chi connectivity index (χ1) is 13.3. The molecule has 2 aromatic carbocycles. The Bertz CT molecular complexity index is 914. The van der Waals surface area contributed by atoms with Crippen LogP contribution in [0, 0.1) is 12.7 Å². The third-order valence-electron chi connectivity index (χ3n) is 4.25. The first kappa shape index (κ1) is 21.8. The van der Waals surface area contributed by atoms with Gasteiger partial charge < -0.3 is 10.0 Å². The number of amides is 1. The summed E-state index contributed by atoms with van der Waals surface area (Å²) in [4.78, 5) is 14.1. The molecule has 0 saturated heterocycles. The van der Waals surface area contributed by atoms with Crippen LogP contribution < -0.4 is 4.72 Å². The SMILES string of the molecule is CCCCN(CCO)C(=O)c1ccc(NS(=O)(=O)c2ccc(F)cc2C)cc1. The number of nitrogens with one attached hydrogen (secondary N) is 1. The Labute approximate surface area is 165 Å². The molecule has 8 heteroatoms. The van der Waals surface area contributed by atoms with Gasteiger partial charge in [-0.2, -0.15) is 0 Å². The molecule has 28 heavy (non-hydrogen) atoms. The minimum Gasteiger partial charge on any atom is -0.395 e. The standard InChI is InChI=1S/C20H25FN2O4S/c1-3-4-11-23(12-13-24)20(25)16-5-8-18(9-6-16)22-28(26,27)19-10-7-17(21)14-15(19)2/h5-10,14,22,24H,3-4,11-13H2,1-2H3. The largest absolute Gasteiger partial charge is 0.395 e. The number of aryl methyl sites for hydroxylation is 1. The lowest BCUT2D eigenvalue weighted by atomic mass is 10.1. The Kier molecular flexibility index (Phi) is 7.53. The summed E-state index contributed by atoms with van der Waals surface area (Å²) < 4.78 is 40.7. The molecule has 0 radical (unpaired) electrons. The summed E-state index contributed by atoms with van der Waals surface area (Å²) in [6, 6.07) is 9.53. The Balaban J connectivity index is 2.16. The number of aliphatic hydroxyl groups excluding tert-OH is 1. The fourth-order valence-electron chi connectivity index (χ4n) is 2.77. The van der Waals surface area contributed by atoms with E-state index in [2.05, 4.69) is 4.72 Å². The quantitative estimate of drug-likeness (QED) is 0.667. The minimum absolute atomic E-state index is 0.0114. The van der Waals surface area contributed by atoms with E-state index in [0.29, 0.717) is 23.4 Å². The van der Waals surface area contributed by atoms with Crippen LogP contribution in [-0.2, 0) is 10.0 Å². The van der Waals surface area contributed by atoms with E-state index in [4.69, 9.17) is 5.11 Å². The predicted molar refractivity (Wildman–Crippen MR) is 106 cm³/mol. The van der Waals surface area contributed by atoms with E-state index in [9.17, 15) is 17.6 Å². The third kappa shape index (κ3) is 5.53. The van der Waals surface area contributed by atoms with Crippen LogP contribution in [0.5, 0.6) is 0 Å². The summed E-state index contributed by atoms with van der Waals surface area (Å²) in [5.41, 5.74) is 1.00. The number of carbonyl (C=O) groups excluding carboxylic acids is 1. The van der Waals surface area contributed by atoms with E-state index in [1.807, 2.05) is 6.92 Å². The topological polar surface area (TPSA) is 86.7 Å². The van der Waals surface area contributed by atoms with Crippen LogP contribution in [0.15, 0.2) is 47.4 Å². The molecule has 0 aliphatic rings. The van der Waals surface area contributed by atoms with Crippen LogP contribution in [0.3, 0.4) is 0 Å². The van der Waals surface area contributed by atoms with Gasteiger partial charge in [0.2, 0.25) is 0 Å². The summed E-state index contributed by atoms with van der Waals surface area (Å²) in [5, 5.41) is 9.16. The van der Waals surface area contributed by atoms with E-state index < -0.39 is 15.8 Å². The maximum Gasteiger partial charge on any atom is 0.262 e. The van der Waals surface area contributed by atoms with Gasteiger partial charge in [-0.05, 0) is 61.4 Å². The number of halogens is 1. The zero-order valence-corrected chi connectivity index (χ0v) is 16.8. The van der Waals surface area contributed by atoms with Gasteiger partial charge in [0.05, 0.1) is 11.5 Å². The molecule has 0 aliphatic carbocycles. The van der Waals surface area contributed by atoms with Crippen molar-refractivity contribution in [3.8, 4) is 0 Å². The Morgan fingerprint density at radius 3 is 2.39 bits per heavy atom. The van der Waals surface area contributed by atoms with Crippen LogP contribution in [0.25, 0.3) is 0 Å².